The minimum Gasteiger partial charge on any atom is -0.391 e. The van der Waals surface area contributed by atoms with Crippen molar-refractivity contribution in [3.63, 3.8) is 0 Å². The lowest BCUT2D eigenvalue weighted by Gasteiger charge is -2.30. The van der Waals surface area contributed by atoms with Gasteiger partial charge in [-0.05, 0) is 38.4 Å². The summed E-state index contributed by atoms with van der Waals surface area (Å²) in [7, 11) is 0.655. The second-order valence-electron chi connectivity index (χ2n) is 6.54. The summed E-state index contributed by atoms with van der Waals surface area (Å²) in [6.07, 6.45) is 1.85. The van der Waals surface area contributed by atoms with Gasteiger partial charge in [0.2, 0.25) is 0 Å². The van der Waals surface area contributed by atoms with Gasteiger partial charge in [0.15, 0.2) is 0 Å². The molecule has 0 bridgehead atoms. The zero-order valence-corrected chi connectivity index (χ0v) is 16.6. The van der Waals surface area contributed by atoms with Crippen LogP contribution >= 0.6 is 0 Å². The topological polar surface area (TPSA) is 18.5 Å². The fraction of sp³-hybridized carbons (Fsp3) is 0.0833. The number of hydrogen-bond donors (Lipinski definition) is 0. The van der Waals surface area contributed by atoms with Gasteiger partial charge in [0, 0.05) is 19.4 Å². The van der Waals surface area contributed by atoms with Gasteiger partial charge in [-0.1, -0.05) is 85.5 Å². The molecule has 0 spiro atoms. The first-order chi connectivity index (χ1) is 13.2. The lowest BCUT2D eigenvalue weighted by molar-refractivity contribution is 0.273. The first-order valence-electron chi connectivity index (χ1n) is 8.98. The van der Waals surface area contributed by atoms with Gasteiger partial charge in [0.1, 0.15) is 0 Å². The zero-order chi connectivity index (χ0) is 18.9. The van der Waals surface area contributed by atoms with Crippen LogP contribution in [0.1, 0.15) is 5.56 Å². The van der Waals surface area contributed by atoms with Crippen molar-refractivity contribution in [2.24, 2.45) is 0 Å². The maximum absolute atomic E-state index is 6.18. The SMILES string of the molecule is C=Cc1ccc([Si](OC)(OC)c2cc3ccccc3c3ccccc23)cc1. The van der Waals surface area contributed by atoms with E-state index < -0.39 is 8.56 Å². The average Bonchev–Trinajstić information content (AvgIpc) is 2.75. The van der Waals surface area contributed by atoms with Crippen LogP contribution in [-0.4, -0.2) is 22.8 Å². The molecule has 0 N–H and O–H groups in total. The first-order valence-corrected chi connectivity index (χ1v) is 10.8. The van der Waals surface area contributed by atoms with Crippen molar-refractivity contribution in [1.29, 1.82) is 0 Å². The van der Waals surface area contributed by atoms with Gasteiger partial charge in [-0.2, -0.15) is 0 Å². The molecule has 0 aromatic heterocycles. The maximum Gasteiger partial charge on any atom is 0.407 e. The molecule has 3 heteroatoms. The number of rotatable bonds is 5. The number of fused-ring (bicyclic) bond motifs is 3. The Balaban J connectivity index is 2.07. The molecule has 0 saturated heterocycles. The summed E-state index contributed by atoms with van der Waals surface area (Å²) >= 11 is 0. The third kappa shape index (κ3) is 2.81. The highest BCUT2D eigenvalue weighted by Crippen LogP contribution is 2.26. The van der Waals surface area contributed by atoms with Gasteiger partial charge in [-0.25, -0.2) is 0 Å². The Morgan fingerprint density at radius 3 is 1.96 bits per heavy atom. The van der Waals surface area contributed by atoms with E-state index in [2.05, 4.69) is 85.4 Å². The predicted octanol–water partition coefficient (Wildman–Crippen LogP) is 4.49. The molecule has 4 aromatic carbocycles. The molecule has 134 valence electrons. The largest absolute Gasteiger partial charge is 0.407 e. The van der Waals surface area contributed by atoms with E-state index in [1.165, 1.54) is 21.5 Å². The van der Waals surface area contributed by atoms with E-state index in [0.29, 0.717) is 0 Å². The van der Waals surface area contributed by atoms with Crippen molar-refractivity contribution in [3.05, 3.63) is 91.0 Å². The van der Waals surface area contributed by atoms with Gasteiger partial charge >= 0.3 is 8.56 Å². The van der Waals surface area contributed by atoms with Gasteiger partial charge in [-0.15, -0.1) is 0 Å². The Kier molecular flexibility index (Phi) is 4.66. The lowest BCUT2D eigenvalue weighted by Crippen LogP contribution is -2.62. The van der Waals surface area contributed by atoms with E-state index in [4.69, 9.17) is 8.85 Å². The van der Waals surface area contributed by atoms with Crippen LogP contribution in [0.4, 0.5) is 0 Å². The molecule has 0 saturated carbocycles. The first kappa shape index (κ1) is 17.7. The summed E-state index contributed by atoms with van der Waals surface area (Å²) in [5.41, 5.74) is 1.08. The van der Waals surface area contributed by atoms with Crippen LogP contribution in [0.2, 0.25) is 0 Å². The Morgan fingerprint density at radius 2 is 1.33 bits per heavy atom. The van der Waals surface area contributed by atoms with E-state index in [9.17, 15) is 0 Å². The number of hydrogen-bond acceptors (Lipinski definition) is 2. The molecule has 0 amide bonds. The highest BCUT2D eigenvalue weighted by molar-refractivity contribution is 6.94. The summed E-state index contributed by atoms with van der Waals surface area (Å²) in [4.78, 5) is 0. The van der Waals surface area contributed by atoms with E-state index in [-0.39, 0.29) is 0 Å². The smallest absolute Gasteiger partial charge is 0.391 e. The molecular formula is C24H22O2Si. The van der Waals surface area contributed by atoms with Gasteiger partial charge in [0.25, 0.3) is 0 Å². The van der Waals surface area contributed by atoms with Crippen LogP contribution in [0.15, 0.2) is 85.4 Å². The van der Waals surface area contributed by atoms with Crippen molar-refractivity contribution < 1.29 is 8.85 Å². The van der Waals surface area contributed by atoms with E-state index in [0.717, 1.165) is 15.9 Å². The molecule has 0 aliphatic rings. The van der Waals surface area contributed by atoms with Crippen molar-refractivity contribution in [1.82, 2.24) is 0 Å². The highest BCUT2D eigenvalue weighted by atomic mass is 28.4. The summed E-state index contributed by atoms with van der Waals surface area (Å²) in [5, 5.41) is 7.05. The minimum absolute atomic E-state index is 1.08. The van der Waals surface area contributed by atoms with Crippen LogP contribution in [0.3, 0.4) is 0 Å². The molecular weight excluding hydrogens is 348 g/mol. The Morgan fingerprint density at radius 1 is 0.741 bits per heavy atom. The average molecular weight is 371 g/mol. The van der Waals surface area contributed by atoms with Crippen LogP contribution in [0.5, 0.6) is 0 Å². The quantitative estimate of drug-likeness (QED) is 0.381. The molecule has 2 nitrogen and oxygen atoms in total. The predicted molar refractivity (Wildman–Crippen MR) is 117 cm³/mol. The third-order valence-electron chi connectivity index (χ3n) is 5.22. The van der Waals surface area contributed by atoms with Crippen LogP contribution < -0.4 is 10.4 Å². The summed E-state index contributed by atoms with van der Waals surface area (Å²) in [6, 6.07) is 27.5. The Hall–Kier alpha value is -2.72. The zero-order valence-electron chi connectivity index (χ0n) is 15.6. The molecule has 0 unspecified atom stereocenters. The monoisotopic (exact) mass is 370 g/mol. The molecule has 0 aliphatic carbocycles. The standard InChI is InChI=1S/C24H22O2Si/c1-4-18-13-15-20(16-14-18)27(25-2,26-3)24-17-19-9-5-6-10-21(19)22-11-7-8-12-23(22)24/h4-17H,1H2,2-3H3. The molecule has 4 aromatic rings. The third-order valence-corrected chi connectivity index (χ3v) is 8.59. The normalized spacial score (nSPS) is 11.8. The minimum atomic E-state index is -2.85. The molecule has 0 heterocycles. The fourth-order valence-corrected chi connectivity index (χ4v) is 6.77. The number of benzene rings is 4. The van der Waals surface area contributed by atoms with E-state index in [1.54, 1.807) is 14.2 Å². The Bertz CT molecular complexity index is 1110. The van der Waals surface area contributed by atoms with E-state index in [1.807, 2.05) is 6.08 Å². The molecule has 27 heavy (non-hydrogen) atoms. The van der Waals surface area contributed by atoms with Gasteiger partial charge in [0.05, 0.1) is 0 Å². The van der Waals surface area contributed by atoms with Crippen LogP contribution in [-0.2, 0) is 8.85 Å². The fourth-order valence-electron chi connectivity index (χ4n) is 3.86. The van der Waals surface area contributed by atoms with Gasteiger partial charge < -0.3 is 8.85 Å². The second-order valence-corrected chi connectivity index (χ2v) is 9.71. The van der Waals surface area contributed by atoms with Crippen LogP contribution in [0, 0.1) is 0 Å². The molecule has 0 fully saturated rings. The Labute approximate surface area is 160 Å². The van der Waals surface area contributed by atoms with Gasteiger partial charge in [-0.3, -0.25) is 0 Å². The van der Waals surface area contributed by atoms with Crippen molar-refractivity contribution in [3.8, 4) is 0 Å². The molecule has 4 rings (SSSR count). The van der Waals surface area contributed by atoms with Crippen molar-refractivity contribution in [2.45, 2.75) is 0 Å². The molecule has 0 atom stereocenters. The highest BCUT2D eigenvalue weighted by Gasteiger charge is 2.42. The van der Waals surface area contributed by atoms with E-state index >= 15 is 0 Å². The molecule has 0 radical (unpaired) electrons. The van der Waals surface area contributed by atoms with Crippen molar-refractivity contribution >= 4 is 46.6 Å². The maximum atomic E-state index is 6.18. The summed E-state index contributed by atoms with van der Waals surface area (Å²) in [6.45, 7) is 3.85. The summed E-state index contributed by atoms with van der Waals surface area (Å²) < 4.78 is 12.4. The van der Waals surface area contributed by atoms with Crippen LogP contribution in [0.25, 0.3) is 27.6 Å². The lowest BCUT2D eigenvalue weighted by atomic mass is 10.0. The van der Waals surface area contributed by atoms with Crippen molar-refractivity contribution in [2.75, 3.05) is 14.2 Å². The second kappa shape index (κ2) is 7.12. The molecule has 0 aliphatic heterocycles. The summed E-state index contributed by atoms with van der Waals surface area (Å²) in [5.74, 6) is 0.